The number of nitrogens with one attached hydrogen (secondary N) is 1. The zero-order valence-electron chi connectivity index (χ0n) is 10.3. The lowest BCUT2D eigenvalue weighted by molar-refractivity contribution is -0.384. The lowest BCUT2D eigenvalue weighted by Gasteiger charge is -2.23. The van der Waals surface area contributed by atoms with E-state index in [1.807, 2.05) is 6.07 Å². The van der Waals surface area contributed by atoms with Gasteiger partial charge in [-0.2, -0.15) is 0 Å². The lowest BCUT2D eigenvalue weighted by atomic mass is 10.2. The van der Waals surface area contributed by atoms with E-state index in [9.17, 15) is 10.1 Å². The van der Waals surface area contributed by atoms with Gasteiger partial charge in [-0.25, -0.2) is 0 Å². The van der Waals surface area contributed by atoms with E-state index < -0.39 is 0 Å². The Balaban J connectivity index is 2.29. The van der Waals surface area contributed by atoms with Gasteiger partial charge in [0, 0.05) is 30.9 Å². The molecule has 1 aliphatic heterocycles. The van der Waals surface area contributed by atoms with Crippen molar-refractivity contribution in [3.8, 4) is 0 Å². The summed E-state index contributed by atoms with van der Waals surface area (Å²) < 4.78 is 0. The Morgan fingerprint density at radius 2 is 1.83 bits per heavy atom. The number of anilines is 2. The first kappa shape index (κ1) is 12.6. The molecule has 0 bridgehead atoms. The maximum Gasteiger partial charge on any atom is 0.273 e. The van der Waals surface area contributed by atoms with E-state index >= 15 is 0 Å². The minimum absolute atomic E-state index is 0.0738. The van der Waals surface area contributed by atoms with Gasteiger partial charge in [-0.15, -0.1) is 0 Å². The van der Waals surface area contributed by atoms with Gasteiger partial charge in [0.2, 0.25) is 0 Å². The number of benzene rings is 1. The van der Waals surface area contributed by atoms with Crippen molar-refractivity contribution < 1.29 is 4.92 Å². The van der Waals surface area contributed by atoms with Gasteiger partial charge in [0.1, 0.15) is 0 Å². The van der Waals surface area contributed by atoms with E-state index in [4.69, 9.17) is 5.84 Å². The highest BCUT2D eigenvalue weighted by Crippen LogP contribution is 2.28. The van der Waals surface area contributed by atoms with Crippen LogP contribution in [0.4, 0.5) is 17.1 Å². The Morgan fingerprint density at radius 1 is 1.17 bits per heavy atom. The fourth-order valence-electron chi connectivity index (χ4n) is 2.30. The second-order valence-electron chi connectivity index (χ2n) is 4.54. The summed E-state index contributed by atoms with van der Waals surface area (Å²) in [5.74, 6) is 5.36. The summed E-state index contributed by atoms with van der Waals surface area (Å²) in [6.07, 6.45) is 4.73. The molecule has 1 aromatic rings. The minimum atomic E-state index is -0.387. The number of nitro benzene ring substituents is 1. The second-order valence-corrected chi connectivity index (χ2v) is 4.54. The predicted molar refractivity (Wildman–Crippen MR) is 71.6 cm³/mol. The van der Waals surface area contributed by atoms with E-state index in [0.29, 0.717) is 5.69 Å². The number of nitrogens with two attached hydrogens (primary N) is 1. The van der Waals surface area contributed by atoms with Crippen molar-refractivity contribution in [3.05, 3.63) is 28.3 Å². The molecule has 0 saturated carbocycles. The largest absolute Gasteiger partial charge is 0.371 e. The Morgan fingerprint density at radius 3 is 2.39 bits per heavy atom. The van der Waals surface area contributed by atoms with Gasteiger partial charge in [-0.1, -0.05) is 12.8 Å². The molecule has 1 aromatic carbocycles. The molecule has 18 heavy (non-hydrogen) atoms. The fourth-order valence-corrected chi connectivity index (χ4v) is 2.30. The highest BCUT2D eigenvalue weighted by Gasteiger charge is 2.15. The maximum atomic E-state index is 10.9. The molecule has 6 heteroatoms. The average Bonchev–Trinajstić information content (AvgIpc) is 2.67. The fraction of sp³-hybridized carbons (Fsp3) is 0.500. The van der Waals surface area contributed by atoms with Crippen LogP contribution in [-0.2, 0) is 0 Å². The lowest BCUT2D eigenvalue weighted by Crippen LogP contribution is -2.24. The van der Waals surface area contributed by atoms with Gasteiger partial charge < -0.3 is 10.3 Å². The monoisotopic (exact) mass is 250 g/mol. The van der Waals surface area contributed by atoms with Crippen LogP contribution in [0.2, 0.25) is 0 Å². The third kappa shape index (κ3) is 2.89. The van der Waals surface area contributed by atoms with Crippen LogP contribution in [0.25, 0.3) is 0 Å². The van der Waals surface area contributed by atoms with Crippen LogP contribution in [0.15, 0.2) is 18.2 Å². The van der Waals surface area contributed by atoms with E-state index in [1.54, 1.807) is 6.07 Å². The summed E-state index contributed by atoms with van der Waals surface area (Å²) in [4.78, 5) is 12.7. The van der Waals surface area contributed by atoms with Crippen molar-refractivity contribution >= 4 is 17.1 Å². The molecule has 0 radical (unpaired) electrons. The number of nitro groups is 1. The van der Waals surface area contributed by atoms with Crippen LogP contribution in [0.5, 0.6) is 0 Å². The summed E-state index contributed by atoms with van der Waals surface area (Å²) in [5, 5.41) is 10.9. The standard InChI is InChI=1S/C12H18N4O2/c13-14-10-7-11(9-12(8-10)16(17)18)15-5-3-1-2-4-6-15/h7-9,14H,1-6,13H2. The number of hydrazine groups is 1. The molecule has 1 aliphatic rings. The SMILES string of the molecule is NNc1cc(N2CCCCCC2)cc([N+](=O)[O-])c1. The summed E-state index contributed by atoms with van der Waals surface area (Å²) in [5.41, 5.74) is 4.01. The van der Waals surface area contributed by atoms with Gasteiger partial charge >= 0.3 is 0 Å². The minimum Gasteiger partial charge on any atom is -0.371 e. The summed E-state index contributed by atoms with van der Waals surface area (Å²) in [6, 6.07) is 4.92. The van der Waals surface area contributed by atoms with Gasteiger partial charge in [0.05, 0.1) is 10.6 Å². The molecule has 6 nitrogen and oxygen atoms in total. The maximum absolute atomic E-state index is 10.9. The van der Waals surface area contributed by atoms with E-state index in [2.05, 4.69) is 10.3 Å². The molecule has 3 N–H and O–H groups in total. The second kappa shape index (κ2) is 5.68. The number of hydrogen-bond donors (Lipinski definition) is 2. The molecule has 1 saturated heterocycles. The van der Waals surface area contributed by atoms with Crippen LogP contribution in [-0.4, -0.2) is 18.0 Å². The molecule has 98 valence electrons. The van der Waals surface area contributed by atoms with Crippen molar-refractivity contribution in [1.29, 1.82) is 0 Å². The smallest absolute Gasteiger partial charge is 0.273 e. The molecule has 0 aliphatic carbocycles. The zero-order valence-corrected chi connectivity index (χ0v) is 10.3. The van der Waals surface area contributed by atoms with E-state index in [0.717, 1.165) is 31.6 Å². The van der Waals surface area contributed by atoms with Crippen molar-refractivity contribution in [2.75, 3.05) is 23.4 Å². The van der Waals surface area contributed by atoms with E-state index in [-0.39, 0.29) is 10.6 Å². The Kier molecular flexibility index (Phi) is 3.99. The number of non-ortho nitro benzene ring substituents is 1. The third-order valence-electron chi connectivity index (χ3n) is 3.25. The van der Waals surface area contributed by atoms with Gasteiger partial charge in [-0.3, -0.25) is 16.0 Å². The number of nitrogen functional groups attached to an aromatic ring is 1. The van der Waals surface area contributed by atoms with Gasteiger partial charge in [0.25, 0.3) is 5.69 Å². The molecule has 0 amide bonds. The molecule has 0 atom stereocenters. The molecule has 0 aromatic heterocycles. The van der Waals surface area contributed by atoms with Crippen molar-refractivity contribution in [3.63, 3.8) is 0 Å². The molecule has 1 heterocycles. The average molecular weight is 250 g/mol. The Bertz CT molecular complexity index is 428. The number of rotatable bonds is 3. The molecule has 2 rings (SSSR count). The summed E-state index contributed by atoms with van der Waals surface area (Å²) in [7, 11) is 0. The van der Waals surface area contributed by atoms with Crippen LogP contribution < -0.4 is 16.2 Å². The van der Waals surface area contributed by atoms with Crippen LogP contribution in [0.3, 0.4) is 0 Å². The summed E-state index contributed by atoms with van der Waals surface area (Å²) in [6.45, 7) is 1.90. The van der Waals surface area contributed by atoms with Gasteiger partial charge in [-0.05, 0) is 18.9 Å². The molecular formula is C12H18N4O2. The Labute approximate surface area is 106 Å². The van der Waals surface area contributed by atoms with Crippen molar-refractivity contribution in [1.82, 2.24) is 0 Å². The predicted octanol–water partition coefficient (Wildman–Crippen LogP) is 2.26. The third-order valence-corrected chi connectivity index (χ3v) is 3.25. The number of nitrogens with zero attached hydrogens (tertiary/aromatic N) is 2. The van der Waals surface area contributed by atoms with E-state index in [1.165, 1.54) is 18.9 Å². The summed E-state index contributed by atoms with van der Waals surface area (Å²) >= 11 is 0. The molecule has 0 unspecified atom stereocenters. The van der Waals surface area contributed by atoms with Gasteiger partial charge in [0.15, 0.2) is 0 Å². The Hall–Kier alpha value is -1.82. The van der Waals surface area contributed by atoms with Crippen LogP contribution >= 0.6 is 0 Å². The first-order valence-corrected chi connectivity index (χ1v) is 6.22. The molecular weight excluding hydrogens is 232 g/mol. The zero-order chi connectivity index (χ0) is 13.0. The van der Waals surface area contributed by atoms with Crippen molar-refractivity contribution in [2.45, 2.75) is 25.7 Å². The first-order valence-electron chi connectivity index (χ1n) is 6.22. The van der Waals surface area contributed by atoms with Crippen LogP contribution in [0.1, 0.15) is 25.7 Å². The number of hydrogen-bond acceptors (Lipinski definition) is 5. The van der Waals surface area contributed by atoms with Crippen LogP contribution in [0, 0.1) is 10.1 Å². The quantitative estimate of drug-likeness (QED) is 0.488. The highest BCUT2D eigenvalue weighted by atomic mass is 16.6. The topological polar surface area (TPSA) is 84.4 Å². The van der Waals surface area contributed by atoms with Crippen molar-refractivity contribution in [2.24, 2.45) is 5.84 Å². The normalized spacial score (nSPS) is 16.2. The molecule has 0 spiro atoms. The highest BCUT2D eigenvalue weighted by molar-refractivity contribution is 5.64. The molecule has 1 fully saturated rings. The first-order chi connectivity index (χ1) is 8.70.